The molecule has 0 saturated heterocycles. The van der Waals surface area contributed by atoms with Gasteiger partial charge in [-0.1, -0.05) is 25.9 Å². The van der Waals surface area contributed by atoms with Crippen molar-refractivity contribution in [3.63, 3.8) is 0 Å². The molecule has 2 aliphatic rings. The fraction of sp³-hybridized carbons (Fsp3) is 0.667. The third-order valence-electron chi connectivity index (χ3n) is 5.35. The summed E-state index contributed by atoms with van der Waals surface area (Å²) in [6.45, 7) is 7.06. The molecular weight excluding hydrogens is 214 g/mol. The summed E-state index contributed by atoms with van der Waals surface area (Å²) in [6, 6.07) is 0. The molecule has 0 N–H and O–H groups in total. The summed E-state index contributed by atoms with van der Waals surface area (Å²) in [5.74, 6) is 1.22. The Morgan fingerprint density at radius 3 is 3.00 bits per heavy atom. The summed E-state index contributed by atoms with van der Waals surface area (Å²) < 4.78 is 1.69. The topological polar surface area (TPSA) is 56.0 Å². The van der Waals surface area contributed by atoms with Crippen LogP contribution in [-0.4, -0.2) is 25.0 Å². The lowest BCUT2D eigenvalue weighted by atomic mass is 9.70. The van der Waals surface area contributed by atoms with E-state index in [2.05, 4.69) is 42.5 Å². The van der Waals surface area contributed by atoms with Crippen LogP contribution in [0.4, 0.5) is 0 Å². The van der Waals surface area contributed by atoms with E-state index in [1.165, 1.54) is 24.1 Å². The first-order valence-electron chi connectivity index (χ1n) is 6.13. The molecule has 0 spiro atoms. The van der Waals surface area contributed by atoms with Crippen molar-refractivity contribution in [3.8, 4) is 0 Å². The Bertz CT molecular complexity index is 629. The summed E-state index contributed by atoms with van der Waals surface area (Å²) in [5.41, 5.74) is 3.04. The van der Waals surface area contributed by atoms with Crippen LogP contribution in [0.15, 0.2) is 6.20 Å². The lowest BCUT2D eigenvalue weighted by molar-refractivity contribution is 0.227. The van der Waals surface area contributed by atoms with Gasteiger partial charge in [-0.2, -0.15) is 4.52 Å². The van der Waals surface area contributed by atoms with Crippen molar-refractivity contribution in [2.24, 2.45) is 5.41 Å². The number of nitrogens with zero attached hydrogens (tertiary/aromatic N) is 5. The Morgan fingerprint density at radius 1 is 1.35 bits per heavy atom. The van der Waals surface area contributed by atoms with Gasteiger partial charge in [0.15, 0.2) is 0 Å². The van der Waals surface area contributed by atoms with Crippen molar-refractivity contribution in [3.05, 3.63) is 17.5 Å². The van der Waals surface area contributed by atoms with Crippen LogP contribution in [0.5, 0.6) is 0 Å². The van der Waals surface area contributed by atoms with E-state index in [9.17, 15) is 0 Å². The van der Waals surface area contributed by atoms with Crippen LogP contribution in [-0.2, 0) is 5.41 Å². The van der Waals surface area contributed by atoms with Gasteiger partial charge in [0.25, 0.3) is 5.78 Å². The number of aromatic nitrogens is 5. The summed E-state index contributed by atoms with van der Waals surface area (Å²) in [6.07, 6.45) is 4.56. The third kappa shape index (κ3) is 0.851. The maximum atomic E-state index is 4.69. The van der Waals surface area contributed by atoms with E-state index in [-0.39, 0.29) is 10.8 Å². The second-order valence-corrected chi connectivity index (χ2v) is 6.11. The Morgan fingerprint density at radius 2 is 2.18 bits per heavy atom. The Balaban J connectivity index is 2.09. The Hall–Kier alpha value is -1.52. The third-order valence-corrected chi connectivity index (χ3v) is 5.35. The molecule has 5 heteroatoms. The van der Waals surface area contributed by atoms with Gasteiger partial charge in [0.1, 0.15) is 0 Å². The minimum atomic E-state index is 0.181. The largest absolute Gasteiger partial charge is 0.273 e. The van der Waals surface area contributed by atoms with E-state index < -0.39 is 0 Å². The normalized spacial score (nSPS) is 33.2. The molecule has 17 heavy (non-hydrogen) atoms. The van der Waals surface area contributed by atoms with Crippen LogP contribution in [0.25, 0.3) is 5.78 Å². The molecule has 0 aliphatic heterocycles. The van der Waals surface area contributed by atoms with Crippen LogP contribution >= 0.6 is 0 Å². The van der Waals surface area contributed by atoms with Crippen molar-refractivity contribution < 1.29 is 0 Å². The van der Waals surface area contributed by atoms with E-state index in [1.807, 2.05) is 0 Å². The van der Waals surface area contributed by atoms with Crippen molar-refractivity contribution >= 4 is 5.78 Å². The van der Waals surface area contributed by atoms with Gasteiger partial charge in [-0.25, -0.2) is 4.98 Å². The van der Waals surface area contributed by atoms with Crippen LogP contribution in [0.2, 0.25) is 0 Å². The lowest BCUT2D eigenvalue weighted by Crippen LogP contribution is -2.32. The predicted octanol–water partition coefficient (Wildman–Crippen LogP) is 1.69. The molecule has 5 nitrogen and oxygen atoms in total. The standard InChI is InChI=1S/C12H15N5/c1-11(2)8-4-5-12(11,3)9-7(8)6-17-10(13-9)14-15-16-17/h6,8H,4-5H2,1-3H3/t8-,12+/m0/s1. The summed E-state index contributed by atoms with van der Waals surface area (Å²) in [5, 5.41) is 11.6. The SMILES string of the molecule is CC1(C)[C@H]2CC[C@]1(C)c1nc3nnnn3cc12. The number of rotatable bonds is 0. The summed E-state index contributed by atoms with van der Waals surface area (Å²) in [7, 11) is 0. The van der Waals surface area contributed by atoms with Gasteiger partial charge in [0, 0.05) is 11.6 Å². The average Bonchev–Trinajstić information content (AvgIpc) is 2.85. The average molecular weight is 229 g/mol. The van der Waals surface area contributed by atoms with Crippen molar-refractivity contribution in [1.29, 1.82) is 0 Å². The van der Waals surface area contributed by atoms with Gasteiger partial charge < -0.3 is 0 Å². The van der Waals surface area contributed by atoms with E-state index in [0.717, 1.165) is 0 Å². The van der Waals surface area contributed by atoms with E-state index in [0.29, 0.717) is 11.7 Å². The van der Waals surface area contributed by atoms with E-state index in [1.54, 1.807) is 4.52 Å². The Labute approximate surface area is 99.2 Å². The highest BCUT2D eigenvalue weighted by Gasteiger charge is 2.60. The second kappa shape index (κ2) is 2.49. The van der Waals surface area contributed by atoms with Gasteiger partial charge in [-0.15, -0.1) is 0 Å². The highest BCUT2D eigenvalue weighted by atomic mass is 15.5. The van der Waals surface area contributed by atoms with Gasteiger partial charge in [-0.05, 0) is 40.2 Å². The predicted molar refractivity (Wildman–Crippen MR) is 61.7 cm³/mol. The van der Waals surface area contributed by atoms with Crippen molar-refractivity contribution in [1.82, 2.24) is 25.0 Å². The molecule has 1 saturated carbocycles. The maximum Gasteiger partial charge on any atom is 0.273 e. The molecule has 2 aliphatic carbocycles. The molecule has 0 radical (unpaired) electrons. The van der Waals surface area contributed by atoms with Gasteiger partial charge in [-0.3, -0.25) is 0 Å². The fourth-order valence-corrected chi connectivity index (χ4v) is 3.87. The van der Waals surface area contributed by atoms with Gasteiger partial charge >= 0.3 is 0 Å². The molecule has 88 valence electrons. The zero-order chi connectivity index (χ0) is 11.8. The minimum absolute atomic E-state index is 0.181. The minimum Gasteiger partial charge on any atom is -0.214 e. The first-order chi connectivity index (χ1) is 8.04. The highest BCUT2D eigenvalue weighted by molar-refractivity contribution is 5.47. The molecule has 0 aromatic carbocycles. The summed E-state index contributed by atoms with van der Waals surface area (Å²) in [4.78, 5) is 4.69. The summed E-state index contributed by atoms with van der Waals surface area (Å²) >= 11 is 0. The number of tetrazole rings is 1. The molecular formula is C12H15N5. The first kappa shape index (κ1) is 9.50. The molecule has 0 unspecified atom stereocenters. The molecule has 0 amide bonds. The highest BCUT2D eigenvalue weighted by Crippen LogP contribution is 2.66. The quantitative estimate of drug-likeness (QED) is 0.690. The molecule has 2 aromatic heterocycles. The molecule has 1 fully saturated rings. The van der Waals surface area contributed by atoms with E-state index in [4.69, 9.17) is 4.98 Å². The van der Waals surface area contributed by atoms with Gasteiger partial charge in [0.2, 0.25) is 0 Å². The maximum absolute atomic E-state index is 4.69. The molecule has 2 heterocycles. The Kier molecular flexibility index (Phi) is 1.39. The second-order valence-electron chi connectivity index (χ2n) is 6.11. The van der Waals surface area contributed by atoms with Crippen LogP contribution < -0.4 is 0 Å². The smallest absolute Gasteiger partial charge is 0.214 e. The lowest BCUT2D eigenvalue weighted by Gasteiger charge is -2.34. The van der Waals surface area contributed by atoms with Crippen LogP contribution in [0.3, 0.4) is 0 Å². The molecule has 2 atom stereocenters. The first-order valence-corrected chi connectivity index (χ1v) is 6.13. The number of fused-ring (bicyclic) bond motifs is 6. The molecule has 2 bridgehead atoms. The molecule has 4 rings (SSSR count). The van der Waals surface area contributed by atoms with Crippen LogP contribution in [0.1, 0.15) is 50.8 Å². The monoisotopic (exact) mass is 229 g/mol. The zero-order valence-electron chi connectivity index (χ0n) is 10.3. The van der Waals surface area contributed by atoms with Crippen LogP contribution in [0, 0.1) is 5.41 Å². The van der Waals surface area contributed by atoms with Crippen molar-refractivity contribution in [2.45, 2.75) is 44.9 Å². The zero-order valence-corrected chi connectivity index (χ0v) is 10.3. The van der Waals surface area contributed by atoms with Gasteiger partial charge in [0.05, 0.1) is 5.69 Å². The number of hydrogen-bond acceptors (Lipinski definition) is 4. The molecule has 2 aromatic rings. The van der Waals surface area contributed by atoms with E-state index >= 15 is 0 Å². The van der Waals surface area contributed by atoms with Crippen molar-refractivity contribution in [2.75, 3.05) is 0 Å². The number of hydrogen-bond donors (Lipinski definition) is 0. The fourth-order valence-electron chi connectivity index (χ4n) is 3.87.